The first-order valence-corrected chi connectivity index (χ1v) is 9.76. The molecule has 2 saturated heterocycles. The van der Waals surface area contributed by atoms with Gasteiger partial charge in [-0.1, -0.05) is 30.3 Å². The summed E-state index contributed by atoms with van der Waals surface area (Å²) in [5, 5.41) is 9.84. The Morgan fingerprint density at radius 1 is 1.12 bits per heavy atom. The lowest BCUT2D eigenvalue weighted by molar-refractivity contribution is -0.148. The highest BCUT2D eigenvalue weighted by Crippen LogP contribution is 2.36. The number of carboxylic acids is 1. The third-order valence-corrected chi connectivity index (χ3v) is 6.05. The molecule has 5 nitrogen and oxygen atoms in total. The number of benzene rings is 1. The van der Waals surface area contributed by atoms with Crippen molar-refractivity contribution in [2.75, 3.05) is 26.3 Å². The van der Waals surface area contributed by atoms with Crippen LogP contribution in [0.15, 0.2) is 30.3 Å². The van der Waals surface area contributed by atoms with Gasteiger partial charge in [0, 0.05) is 32.7 Å². The van der Waals surface area contributed by atoms with Gasteiger partial charge in [0.25, 0.3) is 0 Å². The molecule has 0 unspecified atom stereocenters. The molecule has 1 aromatic rings. The summed E-state index contributed by atoms with van der Waals surface area (Å²) < 4.78 is 5.37. The molecular weight excluding hydrogens is 330 g/mol. The topological polar surface area (TPSA) is 66.8 Å². The highest BCUT2D eigenvalue weighted by Gasteiger charge is 2.43. The Balaban J connectivity index is 1.50. The van der Waals surface area contributed by atoms with E-state index in [2.05, 4.69) is 0 Å². The molecule has 1 N–H and O–H groups in total. The van der Waals surface area contributed by atoms with E-state index in [1.54, 1.807) is 0 Å². The van der Waals surface area contributed by atoms with Crippen molar-refractivity contribution >= 4 is 11.9 Å². The van der Waals surface area contributed by atoms with Crippen molar-refractivity contribution in [1.29, 1.82) is 0 Å². The van der Waals surface area contributed by atoms with Gasteiger partial charge in [0.2, 0.25) is 5.91 Å². The van der Waals surface area contributed by atoms with E-state index in [9.17, 15) is 14.7 Å². The molecule has 0 aromatic heterocycles. The molecule has 0 atom stereocenters. The zero-order valence-electron chi connectivity index (χ0n) is 15.4. The van der Waals surface area contributed by atoms with Crippen LogP contribution in [0.25, 0.3) is 0 Å². The van der Waals surface area contributed by atoms with Crippen molar-refractivity contribution in [3.63, 3.8) is 0 Å². The number of likely N-dealkylation sites (tertiary alicyclic amines) is 1. The molecule has 5 heteroatoms. The van der Waals surface area contributed by atoms with Crippen molar-refractivity contribution in [3.05, 3.63) is 35.9 Å². The Morgan fingerprint density at radius 2 is 1.77 bits per heavy atom. The fourth-order valence-corrected chi connectivity index (χ4v) is 4.26. The zero-order chi connectivity index (χ0) is 18.4. The summed E-state index contributed by atoms with van der Waals surface area (Å²) in [6, 6.07) is 9.44. The van der Waals surface area contributed by atoms with Gasteiger partial charge in [-0.25, -0.2) is 0 Å². The van der Waals surface area contributed by atoms with Crippen molar-refractivity contribution < 1.29 is 19.4 Å². The van der Waals surface area contributed by atoms with Crippen LogP contribution in [-0.2, 0) is 19.7 Å². The molecule has 26 heavy (non-hydrogen) atoms. The van der Waals surface area contributed by atoms with Gasteiger partial charge in [0.05, 0.1) is 5.41 Å². The molecule has 0 bridgehead atoms. The highest BCUT2D eigenvalue weighted by atomic mass is 16.5. The summed E-state index contributed by atoms with van der Waals surface area (Å²) >= 11 is 0. The van der Waals surface area contributed by atoms with E-state index < -0.39 is 11.4 Å². The van der Waals surface area contributed by atoms with E-state index in [1.807, 2.05) is 35.2 Å². The minimum atomic E-state index is -0.861. The zero-order valence-corrected chi connectivity index (χ0v) is 15.4. The monoisotopic (exact) mass is 359 g/mol. The van der Waals surface area contributed by atoms with E-state index in [-0.39, 0.29) is 5.91 Å². The number of carboxylic acid groups (broad SMARTS) is 1. The number of carbonyl (C=O) groups excluding carboxylic acids is 1. The van der Waals surface area contributed by atoms with Crippen LogP contribution in [0.1, 0.15) is 50.5 Å². The van der Waals surface area contributed by atoms with E-state index in [0.717, 1.165) is 44.5 Å². The van der Waals surface area contributed by atoms with Gasteiger partial charge in [0.1, 0.15) is 0 Å². The molecule has 0 aliphatic carbocycles. The van der Waals surface area contributed by atoms with Crippen molar-refractivity contribution in [2.45, 2.75) is 50.4 Å². The van der Waals surface area contributed by atoms with Crippen LogP contribution < -0.4 is 0 Å². The first-order valence-electron chi connectivity index (χ1n) is 9.76. The van der Waals surface area contributed by atoms with E-state index in [1.165, 1.54) is 0 Å². The number of ether oxygens (including phenoxy) is 1. The number of carbonyl (C=O) groups is 2. The number of nitrogens with zero attached hydrogens (tertiary/aromatic N) is 1. The molecule has 2 aliphatic heterocycles. The summed E-state index contributed by atoms with van der Waals surface area (Å²) in [4.78, 5) is 26.4. The Labute approximate surface area is 155 Å². The first-order chi connectivity index (χ1) is 12.6. The second kappa shape index (κ2) is 8.67. The van der Waals surface area contributed by atoms with Gasteiger partial charge < -0.3 is 14.7 Å². The third-order valence-electron chi connectivity index (χ3n) is 6.05. The van der Waals surface area contributed by atoms with Crippen LogP contribution in [-0.4, -0.2) is 48.2 Å². The molecule has 2 aliphatic rings. The van der Waals surface area contributed by atoms with Crippen molar-refractivity contribution in [1.82, 2.24) is 4.90 Å². The molecular formula is C21H29NO4. The van der Waals surface area contributed by atoms with Gasteiger partial charge >= 0.3 is 5.97 Å². The lowest BCUT2D eigenvalue weighted by Gasteiger charge is -2.39. The van der Waals surface area contributed by atoms with Crippen molar-refractivity contribution in [2.24, 2.45) is 5.92 Å². The van der Waals surface area contributed by atoms with Crippen LogP contribution >= 0.6 is 0 Å². The van der Waals surface area contributed by atoms with Gasteiger partial charge in [-0.3, -0.25) is 9.59 Å². The van der Waals surface area contributed by atoms with Crippen LogP contribution in [0.5, 0.6) is 0 Å². The van der Waals surface area contributed by atoms with E-state index in [0.29, 0.717) is 38.3 Å². The summed E-state index contributed by atoms with van der Waals surface area (Å²) in [5.41, 5.74) is -0.0146. The summed E-state index contributed by atoms with van der Waals surface area (Å²) in [6.45, 7) is 2.75. The minimum absolute atomic E-state index is 0.170. The van der Waals surface area contributed by atoms with Crippen LogP contribution in [0.4, 0.5) is 0 Å². The summed E-state index contributed by atoms with van der Waals surface area (Å²) in [6.07, 6.45) is 5.76. The number of aliphatic carboxylic acids is 1. The normalized spacial score (nSPS) is 20.7. The maximum atomic E-state index is 12.5. The molecule has 2 fully saturated rings. The Kier molecular flexibility index (Phi) is 6.30. The fourth-order valence-electron chi connectivity index (χ4n) is 4.26. The fraction of sp³-hybridized carbons (Fsp3) is 0.619. The molecule has 0 saturated carbocycles. The van der Waals surface area contributed by atoms with Gasteiger partial charge in [-0.05, 0) is 50.0 Å². The second-order valence-electron chi connectivity index (χ2n) is 7.58. The van der Waals surface area contributed by atoms with Crippen molar-refractivity contribution in [3.8, 4) is 0 Å². The number of rotatable bonds is 6. The maximum Gasteiger partial charge on any atom is 0.314 e. The molecule has 2 heterocycles. The predicted octanol–water partition coefficient (Wildman–Crippen LogP) is 3.23. The number of hydrogen-bond donors (Lipinski definition) is 1. The lowest BCUT2D eigenvalue weighted by Crippen LogP contribution is -2.49. The van der Waals surface area contributed by atoms with Crippen LogP contribution in [0.3, 0.4) is 0 Å². The highest BCUT2D eigenvalue weighted by molar-refractivity contribution is 5.82. The second-order valence-corrected chi connectivity index (χ2v) is 7.58. The number of hydrogen-bond acceptors (Lipinski definition) is 3. The molecule has 142 valence electrons. The Morgan fingerprint density at radius 3 is 2.38 bits per heavy atom. The number of amides is 1. The van der Waals surface area contributed by atoms with Crippen LogP contribution in [0.2, 0.25) is 0 Å². The average molecular weight is 359 g/mol. The first kappa shape index (κ1) is 18.9. The molecule has 1 aromatic carbocycles. The summed E-state index contributed by atoms with van der Waals surface area (Å²) in [7, 11) is 0. The van der Waals surface area contributed by atoms with Gasteiger partial charge in [-0.2, -0.15) is 0 Å². The Hall–Kier alpha value is -1.88. The SMILES string of the molecule is O=C(CCCC1CCOCC1)N1CCC(C(=O)O)(c2ccccc2)CC1. The molecule has 1 amide bonds. The quantitative estimate of drug-likeness (QED) is 0.847. The third kappa shape index (κ3) is 4.26. The molecule has 3 rings (SSSR count). The minimum Gasteiger partial charge on any atom is -0.481 e. The van der Waals surface area contributed by atoms with E-state index in [4.69, 9.17) is 4.74 Å². The van der Waals surface area contributed by atoms with Crippen LogP contribution in [0, 0.1) is 5.92 Å². The standard InChI is InChI=1S/C21H29NO4/c23-19(8-4-5-17-9-15-26-16-10-17)22-13-11-21(12-14-22,20(24)25)18-6-2-1-3-7-18/h1-3,6-7,17H,4-5,8-16H2,(H,24,25). The van der Waals surface area contributed by atoms with Gasteiger partial charge in [-0.15, -0.1) is 0 Å². The van der Waals surface area contributed by atoms with E-state index >= 15 is 0 Å². The lowest BCUT2D eigenvalue weighted by atomic mass is 9.73. The number of piperidine rings is 1. The average Bonchev–Trinajstić information content (AvgIpc) is 2.69. The molecule has 0 spiro atoms. The molecule has 0 radical (unpaired) electrons. The largest absolute Gasteiger partial charge is 0.481 e. The Bertz CT molecular complexity index is 602. The maximum absolute atomic E-state index is 12.5. The predicted molar refractivity (Wildman–Crippen MR) is 99.0 cm³/mol. The summed E-state index contributed by atoms with van der Waals surface area (Å²) in [5.74, 6) is 0.0788. The van der Waals surface area contributed by atoms with Gasteiger partial charge in [0.15, 0.2) is 0 Å². The smallest absolute Gasteiger partial charge is 0.314 e.